The van der Waals surface area contributed by atoms with Gasteiger partial charge in [0.25, 0.3) is 5.91 Å². The zero-order chi connectivity index (χ0) is 14.2. The Balaban J connectivity index is 1.63. The van der Waals surface area contributed by atoms with Crippen LogP contribution in [0.1, 0.15) is 68.8 Å². The van der Waals surface area contributed by atoms with E-state index in [0.717, 1.165) is 31.8 Å². The summed E-state index contributed by atoms with van der Waals surface area (Å²) in [6.07, 6.45) is 11.9. The van der Waals surface area contributed by atoms with E-state index in [1.807, 2.05) is 0 Å². The van der Waals surface area contributed by atoms with E-state index in [9.17, 15) is 4.79 Å². The van der Waals surface area contributed by atoms with Crippen molar-refractivity contribution >= 4 is 5.91 Å². The first-order valence-electron chi connectivity index (χ1n) is 7.98. The van der Waals surface area contributed by atoms with E-state index < -0.39 is 0 Å². The van der Waals surface area contributed by atoms with Crippen LogP contribution in [-0.2, 0) is 6.54 Å². The van der Waals surface area contributed by atoms with Crippen LogP contribution in [0, 0.1) is 5.92 Å². The molecule has 1 fully saturated rings. The highest BCUT2D eigenvalue weighted by Crippen LogP contribution is 2.26. The van der Waals surface area contributed by atoms with Crippen molar-refractivity contribution in [3.63, 3.8) is 0 Å². The Kier molecular flexibility index (Phi) is 6.02. The number of hydrogen-bond acceptors (Lipinski definition) is 3. The van der Waals surface area contributed by atoms with E-state index in [1.165, 1.54) is 38.5 Å². The van der Waals surface area contributed by atoms with Crippen molar-refractivity contribution in [2.45, 2.75) is 64.8 Å². The van der Waals surface area contributed by atoms with E-state index in [4.69, 9.17) is 0 Å². The van der Waals surface area contributed by atoms with E-state index >= 15 is 0 Å². The normalized spacial score (nSPS) is 16.2. The molecule has 1 saturated carbocycles. The molecule has 1 aromatic rings. The summed E-state index contributed by atoms with van der Waals surface area (Å²) in [5, 5.41) is 10.8. The second-order valence-electron chi connectivity index (χ2n) is 5.77. The molecule has 0 spiro atoms. The monoisotopic (exact) mass is 278 g/mol. The molecule has 1 aliphatic rings. The van der Waals surface area contributed by atoms with Gasteiger partial charge in [0.1, 0.15) is 0 Å². The molecular formula is C15H26N4O. The first-order chi connectivity index (χ1) is 9.79. The number of rotatable bonds is 7. The van der Waals surface area contributed by atoms with Crippen molar-refractivity contribution in [2.24, 2.45) is 5.92 Å². The Morgan fingerprint density at radius 2 is 2.20 bits per heavy atom. The molecule has 5 heteroatoms. The summed E-state index contributed by atoms with van der Waals surface area (Å²) in [6.45, 7) is 3.63. The molecule has 1 aromatic heterocycles. The zero-order valence-electron chi connectivity index (χ0n) is 12.5. The van der Waals surface area contributed by atoms with Gasteiger partial charge in [-0.1, -0.05) is 44.2 Å². The van der Waals surface area contributed by atoms with Crippen LogP contribution >= 0.6 is 0 Å². The van der Waals surface area contributed by atoms with Crippen LogP contribution in [0.2, 0.25) is 0 Å². The zero-order valence-corrected chi connectivity index (χ0v) is 12.5. The predicted molar refractivity (Wildman–Crippen MR) is 78.5 cm³/mol. The molecule has 0 atom stereocenters. The highest BCUT2D eigenvalue weighted by molar-refractivity contribution is 5.91. The molecule has 2 rings (SSSR count). The quantitative estimate of drug-likeness (QED) is 0.780. The predicted octanol–water partition coefficient (Wildman–Crippen LogP) is 2.78. The molecule has 0 saturated heterocycles. The third-order valence-corrected chi connectivity index (χ3v) is 4.02. The number of aryl methyl sites for hydroxylation is 1. The molecule has 0 aromatic carbocycles. The van der Waals surface area contributed by atoms with Crippen LogP contribution in [0.15, 0.2) is 6.20 Å². The fraction of sp³-hybridized carbons (Fsp3) is 0.800. The number of aromatic nitrogens is 3. The minimum atomic E-state index is -0.101. The molecule has 1 heterocycles. The van der Waals surface area contributed by atoms with Gasteiger partial charge in [0.2, 0.25) is 0 Å². The Morgan fingerprint density at radius 1 is 1.40 bits per heavy atom. The number of hydrogen-bond donors (Lipinski definition) is 1. The molecule has 1 N–H and O–H groups in total. The van der Waals surface area contributed by atoms with Gasteiger partial charge in [-0.3, -0.25) is 9.48 Å². The Bertz CT molecular complexity index is 410. The third kappa shape index (κ3) is 4.62. The summed E-state index contributed by atoms with van der Waals surface area (Å²) < 4.78 is 1.72. The minimum absolute atomic E-state index is 0.101. The van der Waals surface area contributed by atoms with Crippen LogP contribution in [0.4, 0.5) is 0 Å². The lowest BCUT2D eigenvalue weighted by atomic mass is 9.86. The van der Waals surface area contributed by atoms with Gasteiger partial charge in [-0.25, -0.2) is 0 Å². The van der Waals surface area contributed by atoms with Crippen molar-refractivity contribution < 1.29 is 4.79 Å². The van der Waals surface area contributed by atoms with Crippen molar-refractivity contribution in [1.82, 2.24) is 20.3 Å². The van der Waals surface area contributed by atoms with Crippen molar-refractivity contribution in [3.8, 4) is 0 Å². The summed E-state index contributed by atoms with van der Waals surface area (Å²) in [5.74, 6) is 0.780. The van der Waals surface area contributed by atoms with Crippen LogP contribution in [0.3, 0.4) is 0 Å². The number of nitrogens with zero attached hydrogens (tertiary/aromatic N) is 3. The lowest BCUT2D eigenvalue weighted by Gasteiger charge is -2.21. The van der Waals surface area contributed by atoms with Crippen molar-refractivity contribution in [2.75, 3.05) is 6.54 Å². The van der Waals surface area contributed by atoms with Gasteiger partial charge >= 0.3 is 0 Å². The third-order valence-electron chi connectivity index (χ3n) is 4.02. The van der Waals surface area contributed by atoms with Crippen LogP contribution in [-0.4, -0.2) is 27.4 Å². The maximum absolute atomic E-state index is 11.9. The Labute approximate surface area is 121 Å². The SMILES string of the molecule is CCCn1cc(C(=O)NCCCC2CCCCC2)nn1. The average molecular weight is 278 g/mol. The Hall–Kier alpha value is -1.39. The molecule has 0 bridgehead atoms. The van der Waals surface area contributed by atoms with Gasteiger partial charge in [-0.15, -0.1) is 5.10 Å². The van der Waals surface area contributed by atoms with Crippen LogP contribution in [0.5, 0.6) is 0 Å². The molecule has 1 amide bonds. The molecule has 20 heavy (non-hydrogen) atoms. The maximum atomic E-state index is 11.9. The van der Waals surface area contributed by atoms with Gasteiger partial charge in [-0.05, 0) is 25.2 Å². The van der Waals surface area contributed by atoms with E-state index in [-0.39, 0.29) is 5.91 Å². The molecule has 0 aliphatic heterocycles. The molecule has 0 unspecified atom stereocenters. The first-order valence-corrected chi connectivity index (χ1v) is 7.98. The standard InChI is InChI=1S/C15H26N4O/c1-2-11-19-12-14(17-18-19)15(20)16-10-6-9-13-7-4-3-5-8-13/h12-13H,2-11H2,1H3,(H,16,20). The number of carbonyl (C=O) groups is 1. The average Bonchev–Trinajstić information content (AvgIpc) is 2.94. The number of nitrogens with one attached hydrogen (secondary N) is 1. The molecule has 0 radical (unpaired) electrons. The molecular weight excluding hydrogens is 252 g/mol. The summed E-state index contributed by atoms with van der Waals surface area (Å²) in [4.78, 5) is 11.9. The summed E-state index contributed by atoms with van der Waals surface area (Å²) in [7, 11) is 0. The van der Waals surface area contributed by atoms with Crippen molar-refractivity contribution in [1.29, 1.82) is 0 Å². The van der Waals surface area contributed by atoms with Gasteiger partial charge in [0.15, 0.2) is 5.69 Å². The number of carbonyl (C=O) groups excluding carboxylic acids is 1. The lowest BCUT2D eigenvalue weighted by molar-refractivity contribution is 0.0947. The van der Waals surface area contributed by atoms with E-state index in [2.05, 4.69) is 22.6 Å². The maximum Gasteiger partial charge on any atom is 0.273 e. The summed E-state index contributed by atoms with van der Waals surface area (Å²) in [6, 6.07) is 0. The van der Waals surface area contributed by atoms with E-state index in [1.54, 1.807) is 10.9 Å². The summed E-state index contributed by atoms with van der Waals surface area (Å²) >= 11 is 0. The van der Waals surface area contributed by atoms with Crippen LogP contribution in [0.25, 0.3) is 0 Å². The minimum Gasteiger partial charge on any atom is -0.351 e. The molecule has 5 nitrogen and oxygen atoms in total. The van der Waals surface area contributed by atoms with Gasteiger partial charge in [-0.2, -0.15) is 0 Å². The van der Waals surface area contributed by atoms with Crippen LogP contribution < -0.4 is 5.32 Å². The topological polar surface area (TPSA) is 59.8 Å². The fourth-order valence-electron chi connectivity index (χ4n) is 2.90. The highest BCUT2D eigenvalue weighted by atomic mass is 16.2. The van der Waals surface area contributed by atoms with Gasteiger partial charge in [0, 0.05) is 13.1 Å². The van der Waals surface area contributed by atoms with Gasteiger partial charge in [0.05, 0.1) is 6.20 Å². The Morgan fingerprint density at radius 3 is 2.95 bits per heavy atom. The largest absolute Gasteiger partial charge is 0.351 e. The second kappa shape index (κ2) is 8.02. The molecule has 1 aliphatic carbocycles. The van der Waals surface area contributed by atoms with E-state index in [0.29, 0.717) is 5.69 Å². The van der Waals surface area contributed by atoms with Crippen molar-refractivity contribution in [3.05, 3.63) is 11.9 Å². The lowest BCUT2D eigenvalue weighted by Crippen LogP contribution is -2.25. The summed E-state index contributed by atoms with van der Waals surface area (Å²) in [5.41, 5.74) is 0.427. The molecule has 112 valence electrons. The smallest absolute Gasteiger partial charge is 0.273 e. The second-order valence-corrected chi connectivity index (χ2v) is 5.77. The fourth-order valence-corrected chi connectivity index (χ4v) is 2.90. The number of amides is 1. The van der Waals surface area contributed by atoms with Gasteiger partial charge < -0.3 is 5.32 Å². The highest BCUT2D eigenvalue weighted by Gasteiger charge is 2.13. The first kappa shape index (κ1) is 15.0.